The molecule has 0 spiro atoms. The van der Waals surface area contributed by atoms with E-state index in [0.29, 0.717) is 31.0 Å². The molecule has 1 heterocycles. The summed E-state index contributed by atoms with van der Waals surface area (Å²) in [6.45, 7) is 0.745. The SMILES string of the molecule is COc1ccc(N[C@@H]2CCCN(C(=O)c3ccccc3C(F)(F)F)C2)cc1OC. The maximum Gasteiger partial charge on any atom is 0.417 e. The highest BCUT2D eigenvalue weighted by molar-refractivity contribution is 5.96. The zero-order valence-electron chi connectivity index (χ0n) is 16.3. The average molecular weight is 408 g/mol. The van der Waals surface area contributed by atoms with Gasteiger partial charge in [0.15, 0.2) is 11.5 Å². The lowest BCUT2D eigenvalue weighted by atomic mass is 10.0. The molecule has 0 aromatic heterocycles. The van der Waals surface area contributed by atoms with E-state index in [-0.39, 0.29) is 11.6 Å². The van der Waals surface area contributed by atoms with E-state index in [1.807, 2.05) is 6.07 Å². The van der Waals surface area contributed by atoms with Crippen molar-refractivity contribution in [2.24, 2.45) is 0 Å². The number of hydrogen-bond donors (Lipinski definition) is 1. The van der Waals surface area contributed by atoms with Gasteiger partial charge in [0.25, 0.3) is 5.91 Å². The number of nitrogens with one attached hydrogen (secondary N) is 1. The molecule has 1 aliphatic rings. The van der Waals surface area contributed by atoms with Gasteiger partial charge in [-0.1, -0.05) is 12.1 Å². The van der Waals surface area contributed by atoms with Crippen molar-refractivity contribution in [2.75, 3.05) is 32.6 Å². The molecular formula is C21H23F3N2O3. The van der Waals surface area contributed by atoms with Gasteiger partial charge in [-0.05, 0) is 37.1 Å². The van der Waals surface area contributed by atoms with E-state index in [4.69, 9.17) is 9.47 Å². The van der Waals surface area contributed by atoms with Gasteiger partial charge in [0.2, 0.25) is 0 Å². The predicted molar refractivity (Wildman–Crippen MR) is 104 cm³/mol. The highest BCUT2D eigenvalue weighted by Gasteiger charge is 2.36. The summed E-state index contributed by atoms with van der Waals surface area (Å²) in [5.74, 6) is 0.569. The van der Waals surface area contributed by atoms with E-state index in [9.17, 15) is 18.0 Å². The van der Waals surface area contributed by atoms with Gasteiger partial charge in [-0.3, -0.25) is 4.79 Å². The minimum Gasteiger partial charge on any atom is -0.493 e. The summed E-state index contributed by atoms with van der Waals surface area (Å²) in [5.41, 5.74) is -0.426. The number of likely N-dealkylation sites (tertiary alicyclic amines) is 1. The second kappa shape index (κ2) is 8.63. The van der Waals surface area contributed by atoms with Crippen molar-refractivity contribution in [1.29, 1.82) is 0 Å². The summed E-state index contributed by atoms with van der Waals surface area (Å²) in [5, 5.41) is 3.34. The Labute approximate surface area is 167 Å². The monoisotopic (exact) mass is 408 g/mol. The van der Waals surface area contributed by atoms with Crippen LogP contribution in [-0.4, -0.2) is 44.2 Å². The minimum atomic E-state index is -4.57. The van der Waals surface area contributed by atoms with Crippen LogP contribution in [0.3, 0.4) is 0 Å². The van der Waals surface area contributed by atoms with Gasteiger partial charge in [-0.2, -0.15) is 13.2 Å². The van der Waals surface area contributed by atoms with Crippen molar-refractivity contribution in [3.8, 4) is 11.5 Å². The van der Waals surface area contributed by atoms with Crippen LogP contribution in [0.25, 0.3) is 0 Å². The standard InChI is InChI=1S/C21H23F3N2O3/c1-28-18-10-9-14(12-19(18)29-2)25-15-6-5-11-26(13-15)20(27)16-7-3-4-8-17(16)21(22,23)24/h3-4,7-10,12,15,25H,5-6,11,13H2,1-2H3/t15-/m1/s1. The summed E-state index contributed by atoms with van der Waals surface area (Å²) in [6, 6.07) is 10.2. The molecule has 0 saturated carbocycles. The maximum absolute atomic E-state index is 13.3. The molecule has 2 aromatic carbocycles. The number of halogens is 3. The number of rotatable bonds is 5. The van der Waals surface area contributed by atoms with Gasteiger partial charge in [0.05, 0.1) is 25.3 Å². The Morgan fingerprint density at radius 3 is 2.52 bits per heavy atom. The molecule has 1 saturated heterocycles. The molecule has 1 N–H and O–H groups in total. The molecule has 1 aliphatic heterocycles. The van der Waals surface area contributed by atoms with Crippen LogP contribution in [0.1, 0.15) is 28.8 Å². The average Bonchev–Trinajstić information content (AvgIpc) is 2.72. The van der Waals surface area contributed by atoms with Crippen LogP contribution in [0.4, 0.5) is 18.9 Å². The number of hydrogen-bond acceptors (Lipinski definition) is 4. The first kappa shape index (κ1) is 20.8. The van der Waals surface area contributed by atoms with E-state index in [1.165, 1.54) is 23.1 Å². The molecule has 0 unspecified atom stereocenters. The van der Waals surface area contributed by atoms with Gasteiger partial charge >= 0.3 is 6.18 Å². The van der Waals surface area contributed by atoms with Crippen molar-refractivity contribution >= 4 is 11.6 Å². The van der Waals surface area contributed by atoms with E-state index in [1.54, 1.807) is 26.4 Å². The number of piperidine rings is 1. The Kier molecular flexibility index (Phi) is 6.20. The topological polar surface area (TPSA) is 50.8 Å². The fourth-order valence-corrected chi connectivity index (χ4v) is 3.53. The molecule has 1 fully saturated rings. The number of amides is 1. The number of carbonyl (C=O) groups is 1. The third-order valence-electron chi connectivity index (χ3n) is 4.93. The van der Waals surface area contributed by atoms with Crippen LogP contribution >= 0.6 is 0 Å². The van der Waals surface area contributed by atoms with Crippen LogP contribution in [0.5, 0.6) is 11.5 Å². The maximum atomic E-state index is 13.3. The molecule has 1 amide bonds. The Hall–Kier alpha value is -2.90. The van der Waals surface area contributed by atoms with Gasteiger partial charge in [-0.25, -0.2) is 0 Å². The normalized spacial score (nSPS) is 17.0. The van der Waals surface area contributed by atoms with Gasteiger partial charge < -0.3 is 19.7 Å². The molecule has 0 bridgehead atoms. The van der Waals surface area contributed by atoms with E-state index in [2.05, 4.69) is 5.32 Å². The van der Waals surface area contributed by atoms with Crippen LogP contribution in [0.15, 0.2) is 42.5 Å². The van der Waals surface area contributed by atoms with Crippen molar-refractivity contribution in [1.82, 2.24) is 4.90 Å². The molecule has 5 nitrogen and oxygen atoms in total. The first-order valence-electron chi connectivity index (χ1n) is 9.27. The molecule has 0 radical (unpaired) electrons. The van der Waals surface area contributed by atoms with Gasteiger partial charge in [0, 0.05) is 30.9 Å². The van der Waals surface area contributed by atoms with Crippen LogP contribution in [-0.2, 0) is 6.18 Å². The third kappa shape index (κ3) is 4.75. The number of alkyl halides is 3. The number of benzene rings is 2. The Balaban J connectivity index is 1.74. The van der Waals surface area contributed by atoms with E-state index in [0.717, 1.165) is 18.2 Å². The summed E-state index contributed by atoms with van der Waals surface area (Å²) in [4.78, 5) is 14.3. The molecule has 156 valence electrons. The lowest BCUT2D eigenvalue weighted by Gasteiger charge is -2.34. The Morgan fingerprint density at radius 1 is 1.10 bits per heavy atom. The number of ether oxygens (including phenoxy) is 2. The summed E-state index contributed by atoms with van der Waals surface area (Å²) in [7, 11) is 3.09. The second-order valence-electron chi connectivity index (χ2n) is 6.85. The summed E-state index contributed by atoms with van der Waals surface area (Å²) < 4.78 is 50.3. The third-order valence-corrected chi connectivity index (χ3v) is 4.93. The van der Waals surface area contributed by atoms with Gasteiger partial charge in [-0.15, -0.1) is 0 Å². The molecule has 29 heavy (non-hydrogen) atoms. The molecule has 3 rings (SSSR count). The number of methoxy groups -OCH3 is 2. The molecule has 0 aliphatic carbocycles. The highest BCUT2D eigenvalue weighted by atomic mass is 19.4. The molecule has 8 heteroatoms. The Morgan fingerprint density at radius 2 is 1.83 bits per heavy atom. The second-order valence-corrected chi connectivity index (χ2v) is 6.85. The van der Waals surface area contributed by atoms with Crippen molar-refractivity contribution in [3.05, 3.63) is 53.6 Å². The lowest BCUT2D eigenvalue weighted by Crippen LogP contribution is -2.45. The van der Waals surface area contributed by atoms with Crippen LogP contribution < -0.4 is 14.8 Å². The first-order valence-corrected chi connectivity index (χ1v) is 9.27. The van der Waals surface area contributed by atoms with Gasteiger partial charge in [0.1, 0.15) is 0 Å². The van der Waals surface area contributed by atoms with Crippen molar-refractivity contribution < 1.29 is 27.4 Å². The summed E-state index contributed by atoms with van der Waals surface area (Å²) >= 11 is 0. The van der Waals surface area contributed by atoms with Crippen molar-refractivity contribution in [3.63, 3.8) is 0 Å². The smallest absolute Gasteiger partial charge is 0.417 e. The largest absolute Gasteiger partial charge is 0.493 e. The fraction of sp³-hybridized carbons (Fsp3) is 0.381. The Bertz CT molecular complexity index is 870. The van der Waals surface area contributed by atoms with Crippen LogP contribution in [0.2, 0.25) is 0 Å². The number of nitrogens with zero attached hydrogens (tertiary/aromatic N) is 1. The van der Waals surface area contributed by atoms with E-state index >= 15 is 0 Å². The quantitative estimate of drug-likeness (QED) is 0.795. The fourth-order valence-electron chi connectivity index (χ4n) is 3.53. The number of anilines is 1. The number of carbonyl (C=O) groups excluding carboxylic acids is 1. The molecule has 1 atom stereocenters. The zero-order valence-corrected chi connectivity index (χ0v) is 16.3. The van der Waals surface area contributed by atoms with E-state index < -0.39 is 17.6 Å². The minimum absolute atomic E-state index is 0.0798. The predicted octanol–water partition coefficient (Wildman–Crippen LogP) is 4.44. The first-order chi connectivity index (χ1) is 13.8. The molecule has 2 aromatic rings. The van der Waals surface area contributed by atoms with Crippen molar-refractivity contribution in [2.45, 2.75) is 25.1 Å². The lowest BCUT2D eigenvalue weighted by molar-refractivity contribution is -0.138. The molecular weight excluding hydrogens is 385 g/mol. The summed E-state index contributed by atoms with van der Waals surface area (Å²) in [6.07, 6.45) is -3.07. The van der Waals surface area contributed by atoms with Crippen LogP contribution in [0, 0.1) is 0 Å². The highest BCUT2D eigenvalue weighted by Crippen LogP contribution is 2.33. The zero-order chi connectivity index (χ0) is 21.0.